The molecule has 1 unspecified atom stereocenters. The molecule has 0 aromatic heterocycles. The number of esters is 1. The van der Waals surface area contributed by atoms with Gasteiger partial charge in [0.05, 0.1) is 19.9 Å². The van der Waals surface area contributed by atoms with Crippen molar-refractivity contribution in [1.29, 1.82) is 0 Å². The predicted molar refractivity (Wildman–Crippen MR) is 68.7 cm³/mol. The summed E-state index contributed by atoms with van der Waals surface area (Å²) in [5, 5.41) is 8.25. The normalized spacial score (nSPS) is 12.6. The molecule has 19 heavy (non-hydrogen) atoms. The molecule has 7 nitrogen and oxygen atoms in total. The number of methoxy groups -OCH3 is 2. The molecule has 8 heteroatoms. The van der Waals surface area contributed by atoms with Gasteiger partial charge in [-0.1, -0.05) is 0 Å². The topological polar surface area (TPSA) is 102 Å². The number of carbonyl (C=O) groups is 1. The lowest BCUT2D eigenvalue weighted by molar-refractivity contribution is -0.139. The molecule has 0 aliphatic carbocycles. The first-order valence-corrected chi connectivity index (χ1v) is 6.83. The van der Waals surface area contributed by atoms with E-state index in [0.29, 0.717) is 5.75 Å². The van der Waals surface area contributed by atoms with Crippen LogP contribution in [0.3, 0.4) is 0 Å². The maximum Gasteiger partial charge on any atom is 0.325 e. The van der Waals surface area contributed by atoms with Crippen molar-refractivity contribution in [3.63, 3.8) is 0 Å². The summed E-state index contributed by atoms with van der Waals surface area (Å²) in [6.45, 7) is 1.19. The zero-order valence-corrected chi connectivity index (χ0v) is 11.5. The van der Waals surface area contributed by atoms with E-state index in [0.717, 1.165) is 7.11 Å². The van der Waals surface area contributed by atoms with E-state index >= 15 is 0 Å². The molecule has 0 fully saturated rings. The molecule has 0 aliphatic heterocycles. The highest BCUT2D eigenvalue weighted by Crippen LogP contribution is 2.29. The molecule has 1 rings (SSSR count). The largest absolute Gasteiger partial charge is 0.506 e. The van der Waals surface area contributed by atoms with Crippen LogP contribution in [0.4, 0.5) is 5.69 Å². The Kier molecular flexibility index (Phi) is 4.60. The maximum atomic E-state index is 11.9. The lowest BCUT2D eigenvalue weighted by Gasteiger charge is -2.14. The fourth-order valence-corrected chi connectivity index (χ4v) is 2.26. The summed E-state index contributed by atoms with van der Waals surface area (Å²) in [7, 11) is -1.48. The zero-order chi connectivity index (χ0) is 14.6. The highest BCUT2D eigenvalue weighted by atomic mass is 32.2. The second kappa shape index (κ2) is 5.79. The van der Waals surface area contributed by atoms with E-state index in [-0.39, 0.29) is 11.4 Å². The van der Waals surface area contributed by atoms with E-state index in [1.165, 1.54) is 32.2 Å². The maximum absolute atomic E-state index is 11.9. The van der Waals surface area contributed by atoms with Gasteiger partial charge in [-0.05, 0) is 19.1 Å². The summed E-state index contributed by atoms with van der Waals surface area (Å²) >= 11 is 0. The van der Waals surface area contributed by atoms with Gasteiger partial charge in [-0.25, -0.2) is 8.42 Å². The molecule has 0 amide bonds. The number of phenols is 1. The molecule has 0 bridgehead atoms. The minimum atomic E-state index is -3.99. The van der Waals surface area contributed by atoms with Crippen molar-refractivity contribution >= 4 is 21.7 Å². The molecule has 0 spiro atoms. The quantitative estimate of drug-likeness (QED) is 0.611. The third-order valence-electron chi connectivity index (χ3n) is 2.46. The van der Waals surface area contributed by atoms with E-state index in [1.54, 1.807) is 0 Å². The monoisotopic (exact) mass is 289 g/mol. The number of rotatable bonds is 5. The first kappa shape index (κ1) is 15.1. The number of nitrogens with one attached hydrogen (secondary N) is 1. The smallest absolute Gasteiger partial charge is 0.325 e. The van der Waals surface area contributed by atoms with Crippen LogP contribution in [0.2, 0.25) is 0 Å². The predicted octanol–water partition coefficient (Wildman–Crippen LogP) is 0.704. The average Bonchev–Trinajstić information content (AvgIpc) is 2.39. The highest BCUT2D eigenvalue weighted by molar-refractivity contribution is 7.94. The van der Waals surface area contributed by atoms with Crippen LogP contribution in [0.1, 0.15) is 6.92 Å². The fourth-order valence-electron chi connectivity index (χ4n) is 1.26. The van der Waals surface area contributed by atoms with Crippen LogP contribution in [-0.2, 0) is 19.6 Å². The van der Waals surface area contributed by atoms with E-state index in [2.05, 4.69) is 9.46 Å². The van der Waals surface area contributed by atoms with Crippen molar-refractivity contribution in [3.05, 3.63) is 18.2 Å². The molecule has 1 aromatic carbocycles. The van der Waals surface area contributed by atoms with Crippen LogP contribution >= 0.6 is 0 Å². The molecule has 2 N–H and O–H groups in total. The van der Waals surface area contributed by atoms with Crippen molar-refractivity contribution < 1.29 is 27.8 Å². The first-order chi connectivity index (χ1) is 8.81. The summed E-state index contributed by atoms with van der Waals surface area (Å²) in [4.78, 5) is 11.2. The van der Waals surface area contributed by atoms with Crippen LogP contribution in [-0.4, -0.2) is 39.0 Å². The second-order valence-electron chi connectivity index (χ2n) is 3.70. The van der Waals surface area contributed by atoms with Gasteiger partial charge in [-0.3, -0.25) is 9.52 Å². The summed E-state index contributed by atoms with van der Waals surface area (Å²) < 4.78 is 35.1. The number of benzene rings is 1. The van der Waals surface area contributed by atoms with Crippen LogP contribution in [0.25, 0.3) is 0 Å². The molecular formula is C11H15NO6S. The average molecular weight is 289 g/mol. The number of aromatic hydroxyl groups is 1. The van der Waals surface area contributed by atoms with Crippen molar-refractivity contribution in [1.82, 2.24) is 0 Å². The Morgan fingerprint density at radius 2 is 2.00 bits per heavy atom. The SMILES string of the molecule is COC(=O)C(C)S(=O)(=O)Nc1ccc(OC)cc1O. The molecule has 1 aromatic rings. The molecule has 0 aliphatic rings. The van der Waals surface area contributed by atoms with E-state index in [4.69, 9.17) is 4.74 Å². The number of anilines is 1. The summed E-state index contributed by atoms with van der Waals surface area (Å²) in [6, 6.07) is 4.05. The number of hydrogen-bond acceptors (Lipinski definition) is 6. The minimum absolute atomic E-state index is 0.0449. The number of sulfonamides is 1. The molecule has 106 valence electrons. The highest BCUT2D eigenvalue weighted by Gasteiger charge is 2.29. The van der Waals surface area contributed by atoms with Gasteiger partial charge in [0.2, 0.25) is 10.0 Å². The van der Waals surface area contributed by atoms with E-state index < -0.39 is 21.2 Å². The van der Waals surface area contributed by atoms with Crippen LogP contribution < -0.4 is 9.46 Å². The Balaban J connectivity index is 2.99. The Morgan fingerprint density at radius 1 is 1.37 bits per heavy atom. The standard InChI is InChI=1S/C11H15NO6S/c1-7(11(14)18-3)19(15,16)12-9-5-4-8(17-2)6-10(9)13/h4-7,12-13H,1-3H3. The van der Waals surface area contributed by atoms with Gasteiger partial charge in [0, 0.05) is 6.07 Å². The van der Waals surface area contributed by atoms with Gasteiger partial charge < -0.3 is 14.6 Å². The van der Waals surface area contributed by atoms with E-state index in [1.807, 2.05) is 0 Å². The number of hydrogen-bond donors (Lipinski definition) is 2. The third-order valence-corrected chi connectivity index (χ3v) is 4.08. The van der Waals surface area contributed by atoms with Crippen molar-refractivity contribution in [2.24, 2.45) is 0 Å². The minimum Gasteiger partial charge on any atom is -0.506 e. The lowest BCUT2D eigenvalue weighted by Crippen LogP contribution is -2.33. The third kappa shape index (κ3) is 3.50. The number of ether oxygens (including phenoxy) is 2. The Hall–Kier alpha value is -1.96. The summed E-state index contributed by atoms with van der Waals surface area (Å²) in [5.74, 6) is -0.818. The molecule has 0 radical (unpaired) electrons. The van der Waals surface area contributed by atoms with Crippen molar-refractivity contribution in [2.45, 2.75) is 12.2 Å². The van der Waals surface area contributed by atoms with Gasteiger partial charge >= 0.3 is 5.97 Å². The van der Waals surface area contributed by atoms with Crippen LogP contribution in [0, 0.1) is 0 Å². The summed E-state index contributed by atoms with van der Waals surface area (Å²) in [6.07, 6.45) is 0. The Bertz CT molecular complexity index is 569. The fraction of sp³-hybridized carbons (Fsp3) is 0.364. The van der Waals surface area contributed by atoms with Gasteiger partial charge in [0.25, 0.3) is 0 Å². The van der Waals surface area contributed by atoms with Crippen molar-refractivity contribution in [2.75, 3.05) is 18.9 Å². The molecule has 0 heterocycles. The summed E-state index contributed by atoms with van der Waals surface area (Å²) in [5.41, 5.74) is -0.0449. The van der Waals surface area contributed by atoms with E-state index in [9.17, 15) is 18.3 Å². The number of carbonyl (C=O) groups excluding carboxylic acids is 1. The Morgan fingerprint density at radius 3 is 2.47 bits per heavy atom. The van der Waals surface area contributed by atoms with Gasteiger partial charge in [0.15, 0.2) is 5.25 Å². The van der Waals surface area contributed by atoms with Crippen LogP contribution in [0.15, 0.2) is 18.2 Å². The second-order valence-corrected chi connectivity index (χ2v) is 5.70. The zero-order valence-electron chi connectivity index (χ0n) is 10.7. The number of phenolic OH excluding ortho intramolecular Hbond substituents is 1. The van der Waals surface area contributed by atoms with Gasteiger partial charge in [0.1, 0.15) is 11.5 Å². The van der Waals surface area contributed by atoms with Gasteiger partial charge in [-0.15, -0.1) is 0 Å². The Labute approximate surface area is 111 Å². The molecule has 0 saturated heterocycles. The van der Waals surface area contributed by atoms with Crippen molar-refractivity contribution in [3.8, 4) is 11.5 Å². The molecule has 1 atom stereocenters. The lowest BCUT2D eigenvalue weighted by atomic mass is 10.3. The molecule has 0 saturated carbocycles. The molecular weight excluding hydrogens is 274 g/mol. The van der Waals surface area contributed by atoms with Gasteiger partial charge in [-0.2, -0.15) is 0 Å². The first-order valence-electron chi connectivity index (χ1n) is 5.28. The van der Waals surface area contributed by atoms with Crippen LogP contribution in [0.5, 0.6) is 11.5 Å².